The third-order valence-electron chi connectivity index (χ3n) is 2.32. The second-order valence-corrected chi connectivity index (χ2v) is 3.32. The van der Waals surface area contributed by atoms with Crippen LogP contribution in [0.15, 0.2) is 12.4 Å². The van der Waals surface area contributed by atoms with Gasteiger partial charge < -0.3 is 10.6 Å². The molecule has 0 saturated carbocycles. The van der Waals surface area contributed by atoms with Crippen LogP contribution in [0.3, 0.4) is 0 Å². The number of primary amides is 1. The van der Waals surface area contributed by atoms with E-state index in [0.29, 0.717) is 0 Å². The fourth-order valence-corrected chi connectivity index (χ4v) is 1.56. The highest BCUT2D eigenvalue weighted by Gasteiger charge is 2.14. The highest BCUT2D eigenvalue weighted by Crippen LogP contribution is 2.15. The number of carbonyl (C=O) groups excluding carboxylic acids is 1. The third kappa shape index (κ3) is 1.66. The van der Waals surface area contributed by atoms with Crippen LogP contribution < -0.4 is 10.6 Å². The molecule has 0 unspecified atom stereocenters. The number of nitrogens with zero attached hydrogens (tertiary/aromatic N) is 3. The first-order chi connectivity index (χ1) is 6.77. The highest BCUT2D eigenvalue weighted by molar-refractivity contribution is 5.90. The van der Waals surface area contributed by atoms with Gasteiger partial charge in [-0.2, -0.15) is 0 Å². The molecule has 0 aromatic carbocycles. The van der Waals surface area contributed by atoms with E-state index < -0.39 is 5.91 Å². The molecular formula is C9H12N4O. The summed E-state index contributed by atoms with van der Waals surface area (Å²) in [6.45, 7) is 2.04. The quantitative estimate of drug-likeness (QED) is 0.725. The summed E-state index contributed by atoms with van der Waals surface area (Å²) in [6, 6.07) is 0. The first-order valence-corrected chi connectivity index (χ1v) is 4.64. The Bertz CT molecular complexity index is 329. The number of aromatic nitrogens is 2. The minimum absolute atomic E-state index is 0.216. The van der Waals surface area contributed by atoms with E-state index in [1.54, 1.807) is 6.20 Å². The first-order valence-electron chi connectivity index (χ1n) is 4.64. The molecule has 0 radical (unpaired) electrons. The van der Waals surface area contributed by atoms with Crippen LogP contribution in [0.4, 0.5) is 5.82 Å². The fraction of sp³-hybridized carbons (Fsp3) is 0.444. The van der Waals surface area contributed by atoms with Gasteiger partial charge in [-0.05, 0) is 12.8 Å². The molecule has 2 N–H and O–H groups in total. The molecule has 14 heavy (non-hydrogen) atoms. The average Bonchev–Trinajstić information content (AvgIpc) is 2.71. The van der Waals surface area contributed by atoms with Gasteiger partial charge in [0.25, 0.3) is 5.91 Å². The van der Waals surface area contributed by atoms with Crippen LogP contribution >= 0.6 is 0 Å². The van der Waals surface area contributed by atoms with E-state index in [0.717, 1.165) is 18.9 Å². The molecule has 0 atom stereocenters. The highest BCUT2D eigenvalue weighted by atomic mass is 16.1. The topological polar surface area (TPSA) is 72.1 Å². The molecule has 0 aliphatic carbocycles. The van der Waals surface area contributed by atoms with Crippen molar-refractivity contribution in [3.63, 3.8) is 0 Å². The van der Waals surface area contributed by atoms with Gasteiger partial charge in [0, 0.05) is 13.1 Å². The lowest BCUT2D eigenvalue weighted by Crippen LogP contribution is -2.20. The number of rotatable bonds is 2. The van der Waals surface area contributed by atoms with Crippen molar-refractivity contribution in [2.45, 2.75) is 12.8 Å². The normalized spacial score (nSPS) is 15.9. The van der Waals surface area contributed by atoms with Gasteiger partial charge in [-0.15, -0.1) is 0 Å². The molecule has 1 saturated heterocycles. The summed E-state index contributed by atoms with van der Waals surface area (Å²) in [5.74, 6) is 0.290. The molecule has 1 amide bonds. The first kappa shape index (κ1) is 8.93. The predicted molar refractivity (Wildman–Crippen MR) is 52.0 cm³/mol. The van der Waals surface area contributed by atoms with Crippen LogP contribution in [0.1, 0.15) is 23.3 Å². The number of amides is 1. The standard InChI is InChI=1S/C9H12N4O/c10-9(14)7-5-12-8(6-11-7)13-3-1-2-4-13/h5-6H,1-4H2,(H2,10,14). The third-order valence-corrected chi connectivity index (χ3v) is 2.32. The number of nitrogens with two attached hydrogens (primary N) is 1. The largest absolute Gasteiger partial charge is 0.364 e. The van der Waals surface area contributed by atoms with Crippen molar-refractivity contribution in [2.24, 2.45) is 5.73 Å². The minimum atomic E-state index is -0.537. The predicted octanol–water partition coefficient (Wildman–Crippen LogP) is 0.176. The number of carbonyl (C=O) groups is 1. The molecule has 1 aromatic heterocycles. The van der Waals surface area contributed by atoms with Crippen LogP contribution in [0.2, 0.25) is 0 Å². The van der Waals surface area contributed by atoms with Crippen molar-refractivity contribution < 1.29 is 4.79 Å². The minimum Gasteiger partial charge on any atom is -0.364 e. The molecule has 74 valence electrons. The van der Waals surface area contributed by atoms with Gasteiger partial charge in [-0.25, -0.2) is 9.97 Å². The molecule has 1 aliphatic rings. The SMILES string of the molecule is NC(=O)c1cnc(N2CCCC2)cn1. The van der Waals surface area contributed by atoms with E-state index in [9.17, 15) is 4.79 Å². The zero-order valence-electron chi connectivity index (χ0n) is 7.81. The molecule has 2 rings (SSSR count). The van der Waals surface area contributed by atoms with Gasteiger partial charge >= 0.3 is 0 Å². The van der Waals surface area contributed by atoms with Gasteiger partial charge in [0.1, 0.15) is 11.5 Å². The van der Waals surface area contributed by atoms with Crippen molar-refractivity contribution in [1.29, 1.82) is 0 Å². The molecular weight excluding hydrogens is 180 g/mol. The molecule has 1 aromatic rings. The summed E-state index contributed by atoms with van der Waals surface area (Å²) in [7, 11) is 0. The van der Waals surface area contributed by atoms with Crippen molar-refractivity contribution in [2.75, 3.05) is 18.0 Å². The van der Waals surface area contributed by atoms with E-state index in [2.05, 4.69) is 14.9 Å². The van der Waals surface area contributed by atoms with Crippen LogP contribution in [0, 0.1) is 0 Å². The lowest BCUT2D eigenvalue weighted by molar-refractivity contribution is 0.0995. The molecule has 1 aliphatic heterocycles. The number of hydrogen-bond acceptors (Lipinski definition) is 4. The second-order valence-electron chi connectivity index (χ2n) is 3.32. The Balaban J connectivity index is 2.16. The molecule has 5 heteroatoms. The van der Waals surface area contributed by atoms with E-state index >= 15 is 0 Å². The summed E-state index contributed by atoms with van der Waals surface area (Å²) < 4.78 is 0. The lowest BCUT2D eigenvalue weighted by Gasteiger charge is -2.15. The Morgan fingerprint density at radius 1 is 1.29 bits per heavy atom. The molecule has 0 spiro atoms. The Labute approximate surface area is 82.0 Å². The maximum absolute atomic E-state index is 10.7. The van der Waals surface area contributed by atoms with E-state index in [1.165, 1.54) is 19.0 Å². The number of anilines is 1. The molecule has 2 heterocycles. The van der Waals surface area contributed by atoms with Crippen molar-refractivity contribution in [3.05, 3.63) is 18.1 Å². The van der Waals surface area contributed by atoms with Gasteiger partial charge in [0.15, 0.2) is 0 Å². The smallest absolute Gasteiger partial charge is 0.268 e. The summed E-state index contributed by atoms with van der Waals surface area (Å²) in [5.41, 5.74) is 5.28. The fourth-order valence-electron chi connectivity index (χ4n) is 1.56. The van der Waals surface area contributed by atoms with E-state index in [-0.39, 0.29) is 5.69 Å². The molecule has 0 bridgehead atoms. The zero-order valence-corrected chi connectivity index (χ0v) is 7.81. The Kier molecular flexibility index (Phi) is 2.30. The second kappa shape index (κ2) is 3.61. The van der Waals surface area contributed by atoms with Crippen molar-refractivity contribution in [3.8, 4) is 0 Å². The van der Waals surface area contributed by atoms with Crippen LogP contribution in [0.5, 0.6) is 0 Å². The van der Waals surface area contributed by atoms with E-state index in [1.807, 2.05) is 0 Å². The maximum atomic E-state index is 10.7. The Morgan fingerprint density at radius 3 is 2.50 bits per heavy atom. The Morgan fingerprint density at radius 2 is 2.00 bits per heavy atom. The number of hydrogen-bond donors (Lipinski definition) is 1. The summed E-state index contributed by atoms with van der Waals surface area (Å²) in [4.78, 5) is 21.0. The van der Waals surface area contributed by atoms with Crippen LogP contribution in [0.25, 0.3) is 0 Å². The van der Waals surface area contributed by atoms with Crippen molar-refractivity contribution >= 4 is 11.7 Å². The summed E-state index contributed by atoms with van der Waals surface area (Å²) >= 11 is 0. The van der Waals surface area contributed by atoms with Gasteiger partial charge in [-0.3, -0.25) is 4.79 Å². The summed E-state index contributed by atoms with van der Waals surface area (Å²) in [5, 5.41) is 0. The average molecular weight is 192 g/mol. The lowest BCUT2D eigenvalue weighted by atomic mass is 10.4. The molecule has 1 fully saturated rings. The zero-order chi connectivity index (χ0) is 9.97. The van der Waals surface area contributed by atoms with Crippen molar-refractivity contribution in [1.82, 2.24) is 9.97 Å². The monoisotopic (exact) mass is 192 g/mol. The maximum Gasteiger partial charge on any atom is 0.268 e. The van der Waals surface area contributed by atoms with Gasteiger partial charge in [0.05, 0.1) is 12.4 Å². The van der Waals surface area contributed by atoms with Crippen LogP contribution in [-0.4, -0.2) is 29.0 Å². The summed E-state index contributed by atoms with van der Waals surface area (Å²) in [6.07, 6.45) is 5.42. The van der Waals surface area contributed by atoms with Crippen LogP contribution in [-0.2, 0) is 0 Å². The van der Waals surface area contributed by atoms with Gasteiger partial charge in [0.2, 0.25) is 0 Å². The Hall–Kier alpha value is -1.65. The van der Waals surface area contributed by atoms with E-state index in [4.69, 9.17) is 5.73 Å². The van der Waals surface area contributed by atoms with Gasteiger partial charge in [-0.1, -0.05) is 0 Å². The molecule has 5 nitrogen and oxygen atoms in total.